The second kappa shape index (κ2) is 9.05. The summed E-state index contributed by atoms with van der Waals surface area (Å²) < 4.78 is 90.1. The number of esters is 1. The monoisotopic (exact) mass is 488 g/mol. The first kappa shape index (κ1) is 24.6. The average Bonchev–Trinajstić information content (AvgIpc) is 3.17. The predicted molar refractivity (Wildman–Crippen MR) is 109 cm³/mol. The molecule has 0 radical (unpaired) electrons. The molecule has 0 heterocycles. The minimum Gasteiger partial charge on any atom is -0.497 e. The Kier molecular flexibility index (Phi) is 6.73. The lowest BCUT2D eigenvalue weighted by Crippen LogP contribution is -2.35. The third-order valence-corrected chi connectivity index (χ3v) is 6.32. The lowest BCUT2D eigenvalue weighted by atomic mass is 9.78. The fraction of sp³-hybridized carbons (Fsp3) is 0.318. The summed E-state index contributed by atoms with van der Waals surface area (Å²) in [4.78, 5) is 13.2. The Bertz CT molecular complexity index is 1170. The standard InChI is InChI=1S/C22H20F4O6S/c1-14-18(4-3-5-19(14)23)21(11-10-17(12-21)32-33(28,29)22(24,25)26)20(27)31-13-15-6-8-16(30-2)9-7-15/h3-9,12H,10-11,13H2,1-2H3. The van der Waals surface area contributed by atoms with Gasteiger partial charge in [0.05, 0.1) is 7.11 Å². The minimum atomic E-state index is -5.93. The van der Waals surface area contributed by atoms with Gasteiger partial charge in [0.25, 0.3) is 0 Å². The molecule has 33 heavy (non-hydrogen) atoms. The van der Waals surface area contributed by atoms with Gasteiger partial charge in [-0.25, -0.2) is 4.39 Å². The van der Waals surface area contributed by atoms with Crippen molar-refractivity contribution in [2.75, 3.05) is 7.11 Å². The van der Waals surface area contributed by atoms with Crippen LogP contribution in [0.1, 0.15) is 29.5 Å². The van der Waals surface area contributed by atoms with Gasteiger partial charge in [-0.2, -0.15) is 21.6 Å². The van der Waals surface area contributed by atoms with E-state index in [9.17, 15) is 30.8 Å². The molecular formula is C22H20F4O6S. The lowest BCUT2D eigenvalue weighted by molar-refractivity contribution is -0.150. The number of carbonyl (C=O) groups is 1. The van der Waals surface area contributed by atoms with Gasteiger partial charge in [0, 0.05) is 6.42 Å². The molecule has 2 aromatic rings. The topological polar surface area (TPSA) is 78.9 Å². The van der Waals surface area contributed by atoms with Crippen LogP contribution in [0.15, 0.2) is 54.3 Å². The van der Waals surface area contributed by atoms with Crippen LogP contribution >= 0.6 is 0 Å². The molecule has 0 fully saturated rings. The van der Waals surface area contributed by atoms with Gasteiger partial charge >= 0.3 is 21.6 Å². The second-order valence-electron chi connectivity index (χ2n) is 7.40. The van der Waals surface area contributed by atoms with E-state index in [-0.39, 0.29) is 30.6 Å². The molecule has 0 aromatic heterocycles. The van der Waals surface area contributed by atoms with Crippen molar-refractivity contribution in [1.29, 1.82) is 0 Å². The summed E-state index contributed by atoms with van der Waals surface area (Å²) in [5.74, 6) is -1.50. The highest BCUT2D eigenvalue weighted by Crippen LogP contribution is 2.44. The number of methoxy groups -OCH3 is 1. The molecule has 0 spiro atoms. The number of alkyl halides is 3. The van der Waals surface area contributed by atoms with E-state index in [1.54, 1.807) is 24.3 Å². The highest BCUT2D eigenvalue weighted by atomic mass is 32.2. The summed E-state index contributed by atoms with van der Waals surface area (Å²) in [5, 5.41) is 0. The number of rotatable bonds is 7. The van der Waals surface area contributed by atoms with Crippen LogP contribution in [0.25, 0.3) is 0 Å². The van der Waals surface area contributed by atoms with Crippen molar-refractivity contribution in [2.24, 2.45) is 0 Å². The molecule has 1 aliphatic carbocycles. The van der Waals surface area contributed by atoms with Gasteiger partial charge in [0.15, 0.2) is 0 Å². The van der Waals surface area contributed by atoms with E-state index in [4.69, 9.17) is 9.47 Å². The molecule has 178 valence electrons. The van der Waals surface area contributed by atoms with E-state index in [1.807, 2.05) is 0 Å². The molecule has 3 rings (SSSR count). The van der Waals surface area contributed by atoms with Gasteiger partial charge in [0.1, 0.15) is 29.3 Å². The van der Waals surface area contributed by atoms with E-state index >= 15 is 0 Å². The molecule has 0 amide bonds. The zero-order valence-electron chi connectivity index (χ0n) is 17.6. The first-order chi connectivity index (χ1) is 15.4. The molecule has 0 saturated heterocycles. The minimum absolute atomic E-state index is 0.0788. The van der Waals surface area contributed by atoms with Gasteiger partial charge < -0.3 is 13.7 Å². The van der Waals surface area contributed by atoms with Gasteiger partial charge in [-0.05, 0) is 54.3 Å². The van der Waals surface area contributed by atoms with Gasteiger partial charge in [-0.1, -0.05) is 24.3 Å². The maximum Gasteiger partial charge on any atom is 0.534 e. The van der Waals surface area contributed by atoms with E-state index in [0.717, 1.165) is 6.08 Å². The van der Waals surface area contributed by atoms with Crippen LogP contribution in [-0.2, 0) is 35.9 Å². The first-order valence-electron chi connectivity index (χ1n) is 9.68. The Hall–Kier alpha value is -3.08. The van der Waals surface area contributed by atoms with Crippen molar-refractivity contribution < 1.29 is 44.4 Å². The number of allylic oxidation sites excluding steroid dienone is 1. The maximum absolute atomic E-state index is 14.3. The van der Waals surface area contributed by atoms with Gasteiger partial charge in [-0.3, -0.25) is 4.79 Å². The molecule has 0 bridgehead atoms. The molecule has 1 atom stereocenters. The fourth-order valence-electron chi connectivity index (χ4n) is 3.57. The Morgan fingerprint density at radius 1 is 1.12 bits per heavy atom. The van der Waals surface area contributed by atoms with Gasteiger partial charge in [-0.15, -0.1) is 0 Å². The molecule has 0 N–H and O–H groups in total. The SMILES string of the molecule is COc1ccc(COC(=O)C2(c3cccc(F)c3C)C=C(OS(=O)(=O)C(F)(F)F)CC2)cc1. The second-order valence-corrected chi connectivity index (χ2v) is 8.94. The highest BCUT2D eigenvalue weighted by molar-refractivity contribution is 7.87. The zero-order chi connectivity index (χ0) is 24.4. The Labute approximate surface area is 187 Å². The summed E-state index contributed by atoms with van der Waals surface area (Å²) in [6.07, 6.45) is 0.499. The number of hydrogen-bond donors (Lipinski definition) is 0. The number of halogens is 4. The maximum atomic E-state index is 14.3. The van der Waals surface area contributed by atoms with E-state index in [0.29, 0.717) is 11.3 Å². The molecule has 11 heteroatoms. The van der Waals surface area contributed by atoms with Crippen LogP contribution in [0.4, 0.5) is 17.6 Å². The largest absolute Gasteiger partial charge is 0.534 e. The average molecular weight is 488 g/mol. The number of benzene rings is 2. The molecule has 1 aliphatic rings. The van der Waals surface area contributed by atoms with Crippen molar-refractivity contribution in [2.45, 2.75) is 37.3 Å². The molecule has 6 nitrogen and oxygen atoms in total. The smallest absolute Gasteiger partial charge is 0.497 e. The Morgan fingerprint density at radius 3 is 2.39 bits per heavy atom. The summed E-state index contributed by atoms with van der Waals surface area (Å²) in [5.41, 5.74) is -6.54. The van der Waals surface area contributed by atoms with E-state index in [2.05, 4.69) is 4.18 Å². The van der Waals surface area contributed by atoms with Crippen molar-refractivity contribution >= 4 is 16.1 Å². The van der Waals surface area contributed by atoms with Crippen molar-refractivity contribution in [3.8, 4) is 5.75 Å². The molecule has 2 aromatic carbocycles. The predicted octanol–water partition coefficient (Wildman–Crippen LogP) is 4.67. The Balaban J connectivity index is 1.95. The van der Waals surface area contributed by atoms with E-state index in [1.165, 1.54) is 32.2 Å². The van der Waals surface area contributed by atoms with Crippen LogP contribution in [0.3, 0.4) is 0 Å². The highest BCUT2D eigenvalue weighted by Gasteiger charge is 2.51. The molecule has 0 aliphatic heterocycles. The summed E-state index contributed by atoms with van der Waals surface area (Å²) in [6, 6.07) is 10.6. The first-order valence-corrected chi connectivity index (χ1v) is 11.1. The normalized spacial score (nSPS) is 18.5. The quantitative estimate of drug-likeness (QED) is 0.244. The fourth-order valence-corrected chi connectivity index (χ4v) is 4.07. The van der Waals surface area contributed by atoms with Gasteiger partial charge in [0.2, 0.25) is 0 Å². The number of hydrogen-bond acceptors (Lipinski definition) is 6. The van der Waals surface area contributed by atoms with Crippen LogP contribution < -0.4 is 4.74 Å². The summed E-state index contributed by atoms with van der Waals surface area (Å²) in [7, 11) is -4.43. The van der Waals surface area contributed by atoms with Crippen molar-refractivity contribution in [3.63, 3.8) is 0 Å². The zero-order valence-corrected chi connectivity index (χ0v) is 18.4. The van der Waals surface area contributed by atoms with Crippen LogP contribution in [-0.4, -0.2) is 27.0 Å². The van der Waals surface area contributed by atoms with Crippen LogP contribution in [0, 0.1) is 12.7 Å². The molecular weight excluding hydrogens is 468 g/mol. The number of carbonyl (C=O) groups excluding carboxylic acids is 1. The summed E-state index contributed by atoms with van der Waals surface area (Å²) >= 11 is 0. The third kappa shape index (κ3) is 4.97. The lowest BCUT2D eigenvalue weighted by Gasteiger charge is -2.27. The molecule has 0 saturated carbocycles. The number of ether oxygens (including phenoxy) is 2. The third-order valence-electron chi connectivity index (χ3n) is 5.31. The Morgan fingerprint density at radius 2 is 1.79 bits per heavy atom. The van der Waals surface area contributed by atoms with Crippen LogP contribution in [0.2, 0.25) is 0 Å². The van der Waals surface area contributed by atoms with Crippen molar-refractivity contribution in [1.82, 2.24) is 0 Å². The van der Waals surface area contributed by atoms with E-state index < -0.39 is 38.6 Å². The molecule has 1 unspecified atom stereocenters. The summed E-state index contributed by atoms with van der Waals surface area (Å²) in [6.45, 7) is 1.23. The van der Waals surface area contributed by atoms with Crippen molar-refractivity contribution in [3.05, 3.63) is 76.8 Å². The van der Waals surface area contributed by atoms with Crippen LogP contribution in [0.5, 0.6) is 5.75 Å².